The van der Waals surface area contributed by atoms with E-state index in [0.29, 0.717) is 26.0 Å². The van der Waals surface area contributed by atoms with Gasteiger partial charge in [-0.3, -0.25) is 0 Å². The largest absolute Gasteiger partial charge is 0.389 e. The summed E-state index contributed by atoms with van der Waals surface area (Å²) in [5.74, 6) is 0.499. The minimum Gasteiger partial charge on any atom is -0.389 e. The van der Waals surface area contributed by atoms with Gasteiger partial charge >= 0.3 is 0 Å². The molecule has 1 unspecified atom stereocenters. The van der Waals surface area contributed by atoms with Crippen LogP contribution in [0, 0.1) is 0 Å². The Kier molecular flexibility index (Phi) is 5.58. The molecule has 0 aromatic heterocycles. The van der Waals surface area contributed by atoms with Crippen LogP contribution in [0.15, 0.2) is 0 Å². The Hall–Kier alpha value is -0.170. The molecule has 1 atom stereocenters. The van der Waals surface area contributed by atoms with Crippen LogP contribution in [-0.2, 0) is 14.6 Å². The first-order valence-corrected chi connectivity index (χ1v) is 8.26. The summed E-state index contributed by atoms with van der Waals surface area (Å²) in [5, 5.41) is 12.9. The van der Waals surface area contributed by atoms with Crippen LogP contribution in [0.4, 0.5) is 0 Å². The van der Waals surface area contributed by atoms with E-state index in [4.69, 9.17) is 4.74 Å². The van der Waals surface area contributed by atoms with E-state index < -0.39 is 15.9 Å². The number of rotatable bonds is 5. The van der Waals surface area contributed by atoms with Gasteiger partial charge in [0.1, 0.15) is 9.84 Å². The van der Waals surface area contributed by atoms with E-state index in [1.54, 1.807) is 0 Å². The maximum Gasteiger partial charge on any atom is 0.150 e. The first kappa shape index (κ1) is 15.9. The fourth-order valence-electron chi connectivity index (χ4n) is 1.80. The molecule has 0 saturated carbocycles. The number of aliphatic hydroxyl groups is 1. The van der Waals surface area contributed by atoms with E-state index in [0.717, 1.165) is 0 Å². The third-order valence-electron chi connectivity index (χ3n) is 2.91. The zero-order chi connectivity index (χ0) is 13.8. The number of hydrogen-bond acceptors (Lipinski definition) is 5. The molecular weight excluding hydrogens is 254 g/mol. The van der Waals surface area contributed by atoms with Crippen LogP contribution in [0.25, 0.3) is 0 Å². The quantitative estimate of drug-likeness (QED) is 0.758. The van der Waals surface area contributed by atoms with Crippen molar-refractivity contribution in [3.8, 4) is 0 Å². The normalized spacial score (nSPS) is 22.9. The van der Waals surface area contributed by atoms with E-state index in [9.17, 15) is 13.5 Å². The lowest BCUT2D eigenvalue weighted by Crippen LogP contribution is -2.42. The van der Waals surface area contributed by atoms with Crippen molar-refractivity contribution >= 4 is 9.84 Å². The van der Waals surface area contributed by atoms with Crippen LogP contribution >= 0.6 is 0 Å². The van der Waals surface area contributed by atoms with Gasteiger partial charge in [-0.25, -0.2) is 8.42 Å². The first-order chi connectivity index (χ1) is 8.18. The number of nitrogens with one attached hydrogen (secondary N) is 1. The summed E-state index contributed by atoms with van der Waals surface area (Å²) >= 11 is 0. The summed E-state index contributed by atoms with van der Waals surface area (Å²) in [4.78, 5) is 0. The van der Waals surface area contributed by atoms with Crippen LogP contribution in [-0.4, -0.2) is 55.9 Å². The highest BCUT2D eigenvalue weighted by Crippen LogP contribution is 2.12. The third kappa shape index (κ3) is 6.68. The molecule has 1 aliphatic heterocycles. The Bertz CT molecular complexity index is 334. The van der Waals surface area contributed by atoms with Crippen LogP contribution in [0.2, 0.25) is 0 Å². The van der Waals surface area contributed by atoms with Gasteiger partial charge < -0.3 is 15.2 Å². The van der Waals surface area contributed by atoms with Gasteiger partial charge in [0.15, 0.2) is 0 Å². The summed E-state index contributed by atoms with van der Waals surface area (Å²) in [7, 11) is -2.81. The SMILES string of the molecule is CC(C)(C)OCC(O)CNC1CCS(=O)(=O)CC1. The second kappa shape index (κ2) is 6.32. The molecule has 1 saturated heterocycles. The minimum atomic E-state index is -2.81. The highest BCUT2D eigenvalue weighted by atomic mass is 32.2. The van der Waals surface area contributed by atoms with Gasteiger partial charge in [0, 0.05) is 12.6 Å². The Balaban J connectivity index is 2.17. The fourth-order valence-corrected chi connectivity index (χ4v) is 3.29. The van der Waals surface area contributed by atoms with E-state index >= 15 is 0 Å². The highest BCUT2D eigenvalue weighted by molar-refractivity contribution is 7.91. The van der Waals surface area contributed by atoms with Crippen molar-refractivity contribution in [2.75, 3.05) is 24.7 Å². The number of ether oxygens (including phenoxy) is 1. The Morgan fingerprint density at radius 3 is 2.39 bits per heavy atom. The fraction of sp³-hybridized carbons (Fsp3) is 1.00. The molecule has 2 N–H and O–H groups in total. The van der Waals surface area contributed by atoms with Crippen molar-refractivity contribution < 1.29 is 18.3 Å². The predicted octanol–water partition coefficient (Wildman–Crippen LogP) is 0.329. The maximum absolute atomic E-state index is 11.2. The topological polar surface area (TPSA) is 75.6 Å². The molecule has 1 aliphatic rings. The number of aliphatic hydroxyl groups excluding tert-OH is 1. The summed E-state index contributed by atoms with van der Waals surface area (Å²) in [6.07, 6.45) is 0.715. The molecule has 1 heterocycles. The lowest BCUT2D eigenvalue weighted by Gasteiger charge is -2.26. The third-order valence-corrected chi connectivity index (χ3v) is 4.62. The summed E-state index contributed by atoms with van der Waals surface area (Å²) in [5.41, 5.74) is -0.250. The summed E-state index contributed by atoms with van der Waals surface area (Å²) in [6, 6.07) is 0.192. The molecule has 0 radical (unpaired) electrons. The molecule has 0 aromatic rings. The van der Waals surface area contributed by atoms with Gasteiger partial charge in [-0.15, -0.1) is 0 Å². The maximum atomic E-state index is 11.2. The van der Waals surface area contributed by atoms with E-state index in [1.807, 2.05) is 20.8 Å². The first-order valence-electron chi connectivity index (χ1n) is 6.44. The van der Waals surface area contributed by atoms with Crippen molar-refractivity contribution in [2.45, 2.75) is 51.4 Å². The predicted molar refractivity (Wildman–Crippen MR) is 71.4 cm³/mol. The van der Waals surface area contributed by atoms with Crippen molar-refractivity contribution in [2.24, 2.45) is 0 Å². The van der Waals surface area contributed by atoms with Crippen LogP contribution < -0.4 is 5.32 Å². The second-order valence-corrected chi connectivity index (χ2v) is 8.22. The lowest BCUT2D eigenvalue weighted by atomic mass is 10.1. The molecule has 1 rings (SSSR count). The number of hydrogen-bond donors (Lipinski definition) is 2. The molecule has 1 fully saturated rings. The smallest absolute Gasteiger partial charge is 0.150 e. The molecule has 6 heteroatoms. The van der Waals surface area contributed by atoms with Gasteiger partial charge in [-0.2, -0.15) is 0 Å². The summed E-state index contributed by atoms with van der Waals surface area (Å²) < 4.78 is 28.0. The summed E-state index contributed by atoms with van der Waals surface area (Å²) in [6.45, 7) is 6.57. The van der Waals surface area contributed by atoms with E-state index in [2.05, 4.69) is 5.32 Å². The van der Waals surface area contributed by atoms with Crippen LogP contribution in [0.3, 0.4) is 0 Å². The van der Waals surface area contributed by atoms with Gasteiger partial charge in [-0.1, -0.05) is 0 Å². The van der Waals surface area contributed by atoms with Gasteiger partial charge in [0.2, 0.25) is 0 Å². The van der Waals surface area contributed by atoms with Gasteiger partial charge in [-0.05, 0) is 33.6 Å². The Labute approximate surface area is 110 Å². The Morgan fingerprint density at radius 1 is 1.33 bits per heavy atom. The molecular formula is C12H25NO4S. The average molecular weight is 279 g/mol. The lowest BCUT2D eigenvalue weighted by molar-refractivity contribution is -0.0484. The molecule has 0 amide bonds. The minimum absolute atomic E-state index is 0.192. The zero-order valence-corrected chi connectivity index (χ0v) is 12.3. The van der Waals surface area contributed by atoms with Gasteiger partial charge in [0.05, 0.1) is 29.8 Å². The standard InChI is InChI=1S/C12H25NO4S/c1-12(2,3)17-9-11(14)8-13-10-4-6-18(15,16)7-5-10/h10-11,13-14H,4-9H2,1-3H3. The molecule has 0 spiro atoms. The van der Waals surface area contributed by atoms with Crippen LogP contribution in [0.5, 0.6) is 0 Å². The van der Waals surface area contributed by atoms with E-state index in [-0.39, 0.29) is 23.1 Å². The molecule has 108 valence electrons. The molecule has 0 aliphatic carbocycles. The highest BCUT2D eigenvalue weighted by Gasteiger charge is 2.23. The van der Waals surface area contributed by atoms with Crippen molar-refractivity contribution in [3.63, 3.8) is 0 Å². The number of sulfone groups is 1. The molecule has 0 aromatic carbocycles. The monoisotopic (exact) mass is 279 g/mol. The van der Waals surface area contributed by atoms with Crippen LogP contribution in [0.1, 0.15) is 33.6 Å². The zero-order valence-electron chi connectivity index (χ0n) is 11.5. The Morgan fingerprint density at radius 2 is 1.89 bits per heavy atom. The van der Waals surface area contributed by atoms with Crippen molar-refractivity contribution in [1.82, 2.24) is 5.32 Å². The van der Waals surface area contributed by atoms with Crippen molar-refractivity contribution in [3.05, 3.63) is 0 Å². The van der Waals surface area contributed by atoms with Gasteiger partial charge in [0.25, 0.3) is 0 Å². The molecule has 5 nitrogen and oxygen atoms in total. The van der Waals surface area contributed by atoms with E-state index in [1.165, 1.54) is 0 Å². The second-order valence-electron chi connectivity index (χ2n) is 5.91. The van der Waals surface area contributed by atoms with Crippen molar-refractivity contribution in [1.29, 1.82) is 0 Å². The average Bonchev–Trinajstić information content (AvgIpc) is 2.24. The molecule has 18 heavy (non-hydrogen) atoms. The molecule has 0 bridgehead atoms.